The summed E-state index contributed by atoms with van der Waals surface area (Å²) < 4.78 is 0. The van der Waals surface area contributed by atoms with Gasteiger partial charge in [0.2, 0.25) is 0 Å². The number of nitrogens with one attached hydrogen (secondary N) is 1. The van der Waals surface area contributed by atoms with Crippen molar-refractivity contribution in [2.75, 3.05) is 12.3 Å². The predicted octanol–water partition coefficient (Wildman–Crippen LogP) is 3.34. The molecule has 2 aromatic rings. The zero-order valence-electron chi connectivity index (χ0n) is 11.7. The molecule has 0 unspecified atom stereocenters. The molecule has 0 radical (unpaired) electrons. The van der Waals surface area contributed by atoms with Crippen molar-refractivity contribution < 1.29 is 0 Å². The van der Waals surface area contributed by atoms with Gasteiger partial charge in [-0.05, 0) is 23.3 Å². The van der Waals surface area contributed by atoms with Crippen LogP contribution in [0.1, 0.15) is 25.0 Å². The van der Waals surface area contributed by atoms with Crippen molar-refractivity contribution in [1.82, 2.24) is 5.32 Å². The molecule has 0 aliphatic heterocycles. The van der Waals surface area contributed by atoms with Crippen LogP contribution in [-0.2, 0) is 12.0 Å². The number of hydrogen-bond acceptors (Lipinski definition) is 2. The van der Waals surface area contributed by atoms with E-state index in [0.717, 1.165) is 18.8 Å². The van der Waals surface area contributed by atoms with E-state index in [1.54, 1.807) is 0 Å². The van der Waals surface area contributed by atoms with Crippen LogP contribution in [-0.4, -0.2) is 6.54 Å². The van der Waals surface area contributed by atoms with Gasteiger partial charge in [-0.25, -0.2) is 0 Å². The van der Waals surface area contributed by atoms with Crippen LogP contribution in [0.5, 0.6) is 0 Å². The Bertz CT molecular complexity index is 501. The molecule has 0 amide bonds. The lowest BCUT2D eigenvalue weighted by molar-refractivity contribution is 0.469. The molecule has 3 N–H and O–H groups in total. The van der Waals surface area contributed by atoms with Crippen LogP contribution >= 0.6 is 0 Å². The third kappa shape index (κ3) is 3.83. The van der Waals surface area contributed by atoms with Crippen molar-refractivity contribution in [3.8, 4) is 0 Å². The van der Waals surface area contributed by atoms with Crippen LogP contribution in [0.4, 0.5) is 5.69 Å². The first-order chi connectivity index (χ1) is 9.08. The quantitative estimate of drug-likeness (QED) is 0.803. The van der Waals surface area contributed by atoms with Gasteiger partial charge in [-0.15, -0.1) is 0 Å². The van der Waals surface area contributed by atoms with Gasteiger partial charge in [-0.3, -0.25) is 0 Å². The summed E-state index contributed by atoms with van der Waals surface area (Å²) in [6, 6.07) is 18.6. The number of hydrogen-bond donors (Lipinski definition) is 2. The van der Waals surface area contributed by atoms with Crippen LogP contribution in [0.2, 0.25) is 0 Å². The average molecular weight is 254 g/mol. The van der Waals surface area contributed by atoms with Gasteiger partial charge in [0.25, 0.3) is 0 Å². The number of benzene rings is 2. The van der Waals surface area contributed by atoms with Crippen LogP contribution in [0, 0.1) is 0 Å². The molecule has 2 heteroatoms. The molecule has 19 heavy (non-hydrogen) atoms. The molecule has 0 saturated heterocycles. The minimum atomic E-state index is 0.0997. The van der Waals surface area contributed by atoms with Crippen LogP contribution in [0.15, 0.2) is 54.6 Å². The summed E-state index contributed by atoms with van der Waals surface area (Å²) in [5.41, 5.74) is 9.27. The van der Waals surface area contributed by atoms with Crippen LogP contribution in [0.25, 0.3) is 0 Å². The Balaban J connectivity index is 1.92. The molecule has 0 saturated carbocycles. The number of rotatable bonds is 5. The first kappa shape index (κ1) is 13.6. The minimum absolute atomic E-state index is 0.0997. The van der Waals surface area contributed by atoms with E-state index in [-0.39, 0.29) is 5.41 Å². The van der Waals surface area contributed by atoms with E-state index in [4.69, 9.17) is 5.73 Å². The maximum absolute atomic E-state index is 5.73. The fourth-order valence-electron chi connectivity index (χ4n) is 2.15. The molecule has 0 aromatic heterocycles. The van der Waals surface area contributed by atoms with Crippen molar-refractivity contribution in [3.05, 3.63) is 65.7 Å². The van der Waals surface area contributed by atoms with Crippen molar-refractivity contribution in [2.45, 2.75) is 25.8 Å². The summed E-state index contributed by atoms with van der Waals surface area (Å²) in [7, 11) is 0. The van der Waals surface area contributed by atoms with E-state index in [9.17, 15) is 0 Å². The second-order valence-electron chi connectivity index (χ2n) is 5.60. The lowest BCUT2D eigenvalue weighted by Gasteiger charge is -2.26. The van der Waals surface area contributed by atoms with Gasteiger partial charge in [0.1, 0.15) is 0 Å². The third-order valence-electron chi connectivity index (χ3n) is 3.43. The molecule has 0 aliphatic rings. The van der Waals surface area contributed by atoms with Crippen molar-refractivity contribution in [2.24, 2.45) is 0 Å². The Morgan fingerprint density at radius 2 is 1.58 bits per heavy atom. The summed E-state index contributed by atoms with van der Waals surface area (Å²) >= 11 is 0. The average Bonchev–Trinajstić information content (AvgIpc) is 2.40. The standard InChI is InChI=1S/C17H22N2/c1-17(2,15-8-10-16(18)11-9-15)13-19-12-14-6-4-3-5-7-14/h3-11,19H,12-13,18H2,1-2H3. The van der Waals surface area contributed by atoms with E-state index in [1.807, 2.05) is 18.2 Å². The molecule has 2 nitrogen and oxygen atoms in total. The predicted molar refractivity (Wildman–Crippen MR) is 82.0 cm³/mol. The van der Waals surface area contributed by atoms with E-state index in [0.29, 0.717) is 0 Å². The summed E-state index contributed by atoms with van der Waals surface area (Å²) in [4.78, 5) is 0. The maximum Gasteiger partial charge on any atom is 0.0314 e. The van der Waals surface area contributed by atoms with Gasteiger partial charge in [0.15, 0.2) is 0 Å². The van der Waals surface area contributed by atoms with Gasteiger partial charge in [0.05, 0.1) is 0 Å². The monoisotopic (exact) mass is 254 g/mol. The number of anilines is 1. The Labute approximate surface area is 115 Å². The first-order valence-electron chi connectivity index (χ1n) is 6.68. The Morgan fingerprint density at radius 1 is 0.947 bits per heavy atom. The first-order valence-corrected chi connectivity index (χ1v) is 6.68. The fourth-order valence-corrected chi connectivity index (χ4v) is 2.15. The molecule has 2 aromatic carbocycles. The molecule has 2 rings (SSSR count). The lowest BCUT2D eigenvalue weighted by atomic mass is 9.84. The van der Waals surface area contributed by atoms with E-state index in [2.05, 4.69) is 55.6 Å². The Morgan fingerprint density at radius 3 is 2.21 bits per heavy atom. The Kier molecular flexibility index (Phi) is 4.23. The zero-order chi connectivity index (χ0) is 13.7. The van der Waals surface area contributed by atoms with Crippen LogP contribution < -0.4 is 11.1 Å². The zero-order valence-corrected chi connectivity index (χ0v) is 11.7. The molecule has 0 bridgehead atoms. The number of nitrogen functional groups attached to an aromatic ring is 1. The lowest BCUT2D eigenvalue weighted by Crippen LogP contribution is -2.32. The molecular formula is C17H22N2. The number of nitrogens with two attached hydrogens (primary N) is 1. The topological polar surface area (TPSA) is 38.0 Å². The molecule has 0 spiro atoms. The highest BCUT2D eigenvalue weighted by Crippen LogP contribution is 2.23. The van der Waals surface area contributed by atoms with Gasteiger partial charge in [-0.2, -0.15) is 0 Å². The molecule has 0 fully saturated rings. The highest BCUT2D eigenvalue weighted by atomic mass is 14.9. The molecule has 0 heterocycles. The van der Waals surface area contributed by atoms with Crippen molar-refractivity contribution >= 4 is 5.69 Å². The van der Waals surface area contributed by atoms with Crippen LogP contribution in [0.3, 0.4) is 0 Å². The molecule has 100 valence electrons. The third-order valence-corrected chi connectivity index (χ3v) is 3.43. The summed E-state index contributed by atoms with van der Waals surface area (Å²) in [6.45, 7) is 6.33. The molecule has 0 aliphatic carbocycles. The summed E-state index contributed by atoms with van der Waals surface area (Å²) in [6.07, 6.45) is 0. The smallest absolute Gasteiger partial charge is 0.0314 e. The summed E-state index contributed by atoms with van der Waals surface area (Å²) in [5, 5.41) is 3.52. The van der Waals surface area contributed by atoms with Gasteiger partial charge < -0.3 is 11.1 Å². The second kappa shape index (κ2) is 5.89. The van der Waals surface area contributed by atoms with Gasteiger partial charge in [-0.1, -0.05) is 56.3 Å². The van der Waals surface area contributed by atoms with Crippen molar-refractivity contribution in [3.63, 3.8) is 0 Å². The Hall–Kier alpha value is -1.80. The maximum atomic E-state index is 5.73. The normalized spacial score (nSPS) is 11.5. The molecular weight excluding hydrogens is 232 g/mol. The van der Waals surface area contributed by atoms with Gasteiger partial charge in [0, 0.05) is 24.2 Å². The highest BCUT2D eigenvalue weighted by Gasteiger charge is 2.19. The van der Waals surface area contributed by atoms with E-state index < -0.39 is 0 Å². The molecule has 0 atom stereocenters. The highest BCUT2D eigenvalue weighted by molar-refractivity contribution is 5.41. The van der Waals surface area contributed by atoms with E-state index in [1.165, 1.54) is 11.1 Å². The van der Waals surface area contributed by atoms with Crippen molar-refractivity contribution in [1.29, 1.82) is 0 Å². The van der Waals surface area contributed by atoms with Gasteiger partial charge >= 0.3 is 0 Å². The SMILES string of the molecule is CC(C)(CNCc1ccccc1)c1ccc(N)cc1. The fraction of sp³-hybridized carbons (Fsp3) is 0.294. The van der Waals surface area contributed by atoms with E-state index >= 15 is 0 Å². The second-order valence-corrected chi connectivity index (χ2v) is 5.60. The minimum Gasteiger partial charge on any atom is -0.399 e. The summed E-state index contributed by atoms with van der Waals surface area (Å²) in [5.74, 6) is 0. The largest absolute Gasteiger partial charge is 0.399 e.